The van der Waals surface area contributed by atoms with Gasteiger partial charge < -0.3 is 9.80 Å². The monoisotopic (exact) mass is 355 g/mol. The van der Waals surface area contributed by atoms with Crippen LogP contribution in [-0.2, 0) is 4.79 Å². The largest absolute Gasteiger partial charge is 0.337 e. The zero-order chi connectivity index (χ0) is 17.6. The quantitative estimate of drug-likeness (QED) is 0.832. The first kappa shape index (κ1) is 16.3. The van der Waals surface area contributed by atoms with Crippen LogP contribution in [0.4, 0.5) is 5.69 Å². The molecule has 1 aromatic heterocycles. The van der Waals surface area contributed by atoms with Crippen LogP contribution in [-0.4, -0.2) is 41.3 Å². The zero-order valence-electron chi connectivity index (χ0n) is 14.5. The van der Waals surface area contributed by atoms with Crippen molar-refractivity contribution < 1.29 is 9.59 Å². The van der Waals surface area contributed by atoms with Gasteiger partial charge in [-0.05, 0) is 32.4 Å². The number of hydrogen-bond acceptors (Lipinski definition) is 4. The van der Waals surface area contributed by atoms with Crippen LogP contribution in [0.2, 0.25) is 0 Å². The SMILES string of the molecule is Cc1ccc(N2C[C@@]3(CCN(C(=O)c4csc(C)n4)C3)CC2=O)cc1. The number of rotatable bonds is 2. The fraction of sp³-hybridized carbons (Fsp3) is 0.421. The number of carbonyl (C=O) groups is 2. The van der Waals surface area contributed by atoms with E-state index in [0.29, 0.717) is 31.7 Å². The van der Waals surface area contributed by atoms with E-state index in [1.807, 2.05) is 53.3 Å². The third kappa shape index (κ3) is 2.95. The van der Waals surface area contributed by atoms with Crippen molar-refractivity contribution in [2.75, 3.05) is 24.5 Å². The Bertz CT molecular complexity index is 829. The van der Waals surface area contributed by atoms with Gasteiger partial charge in [0.15, 0.2) is 0 Å². The summed E-state index contributed by atoms with van der Waals surface area (Å²) in [5.41, 5.74) is 2.54. The van der Waals surface area contributed by atoms with Gasteiger partial charge in [-0.1, -0.05) is 17.7 Å². The molecule has 2 aliphatic heterocycles. The van der Waals surface area contributed by atoms with Gasteiger partial charge in [-0.2, -0.15) is 0 Å². The van der Waals surface area contributed by atoms with E-state index in [-0.39, 0.29) is 17.2 Å². The molecule has 0 N–H and O–H groups in total. The van der Waals surface area contributed by atoms with Crippen molar-refractivity contribution in [1.82, 2.24) is 9.88 Å². The van der Waals surface area contributed by atoms with Crippen LogP contribution in [0.15, 0.2) is 29.6 Å². The Balaban J connectivity index is 1.50. The molecule has 0 bridgehead atoms. The van der Waals surface area contributed by atoms with Gasteiger partial charge in [0.1, 0.15) is 5.69 Å². The molecular formula is C19H21N3O2S. The molecule has 2 saturated heterocycles. The lowest BCUT2D eigenvalue weighted by Crippen LogP contribution is -2.34. The molecule has 2 aromatic rings. The normalized spacial score (nSPS) is 23.0. The molecule has 1 spiro atoms. The fourth-order valence-electron chi connectivity index (χ4n) is 3.86. The van der Waals surface area contributed by atoms with Crippen molar-refractivity contribution in [1.29, 1.82) is 0 Å². The molecular weight excluding hydrogens is 334 g/mol. The predicted molar refractivity (Wildman–Crippen MR) is 98.0 cm³/mol. The van der Waals surface area contributed by atoms with Crippen LogP contribution in [0, 0.1) is 19.3 Å². The Hall–Kier alpha value is -2.21. The van der Waals surface area contributed by atoms with E-state index >= 15 is 0 Å². The second-order valence-electron chi connectivity index (χ2n) is 7.22. The Labute approximate surface area is 151 Å². The lowest BCUT2D eigenvalue weighted by Gasteiger charge is -2.24. The van der Waals surface area contributed by atoms with E-state index in [1.54, 1.807) is 0 Å². The maximum absolute atomic E-state index is 12.6. The molecule has 2 amide bonds. The number of carbonyl (C=O) groups excluding carboxylic acids is 2. The molecule has 130 valence electrons. The molecule has 0 aliphatic carbocycles. The van der Waals surface area contributed by atoms with Crippen molar-refractivity contribution in [2.24, 2.45) is 5.41 Å². The van der Waals surface area contributed by atoms with Crippen molar-refractivity contribution in [2.45, 2.75) is 26.7 Å². The Morgan fingerprint density at radius 1 is 1.20 bits per heavy atom. The molecule has 3 heterocycles. The van der Waals surface area contributed by atoms with Gasteiger partial charge in [0.25, 0.3) is 5.91 Å². The number of benzene rings is 1. The molecule has 0 saturated carbocycles. The summed E-state index contributed by atoms with van der Waals surface area (Å²) in [5.74, 6) is 0.144. The van der Waals surface area contributed by atoms with Gasteiger partial charge in [0.05, 0.1) is 5.01 Å². The minimum Gasteiger partial charge on any atom is -0.337 e. The number of aromatic nitrogens is 1. The summed E-state index contributed by atoms with van der Waals surface area (Å²) in [7, 11) is 0. The topological polar surface area (TPSA) is 53.5 Å². The maximum Gasteiger partial charge on any atom is 0.273 e. The molecule has 2 aliphatic rings. The fourth-order valence-corrected chi connectivity index (χ4v) is 4.45. The van der Waals surface area contributed by atoms with Gasteiger partial charge in [0.2, 0.25) is 5.91 Å². The molecule has 25 heavy (non-hydrogen) atoms. The van der Waals surface area contributed by atoms with Gasteiger partial charge in [0, 0.05) is 42.5 Å². The summed E-state index contributed by atoms with van der Waals surface area (Å²) >= 11 is 1.49. The van der Waals surface area contributed by atoms with Crippen LogP contribution < -0.4 is 4.90 Å². The summed E-state index contributed by atoms with van der Waals surface area (Å²) < 4.78 is 0. The lowest BCUT2D eigenvalue weighted by atomic mass is 9.86. The summed E-state index contributed by atoms with van der Waals surface area (Å²) in [6, 6.07) is 8.07. The summed E-state index contributed by atoms with van der Waals surface area (Å²) in [5, 5.41) is 2.72. The van der Waals surface area contributed by atoms with Gasteiger partial charge in [-0.3, -0.25) is 9.59 Å². The summed E-state index contributed by atoms with van der Waals surface area (Å²) in [6.07, 6.45) is 1.39. The number of likely N-dealkylation sites (tertiary alicyclic amines) is 1. The van der Waals surface area contributed by atoms with E-state index in [9.17, 15) is 9.59 Å². The summed E-state index contributed by atoms with van der Waals surface area (Å²) in [6.45, 7) is 5.97. The number of thiazole rings is 1. The maximum atomic E-state index is 12.6. The molecule has 2 fully saturated rings. The highest BCUT2D eigenvalue weighted by Crippen LogP contribution is 2.42. The Kier molecular flexibility index (Phi) is 3.87. The first-order valence-electron chi connectivity index (χ1n) is 8.54. The van der Waals surface area contributed by atoms with Crippen LogP contribution in [0.3, 0.4) is 0 Å². The van der Waals surface area contributed by atoms with Gasteiger partial charge >= 0.3 is 0 Å². The first-order valence-corrected chi connectivity index (χ1v) is 9.42. The van der Waals surface area contributed by atoms with E-state index < -0.39 is 0 Å². The number of anilines is 1. The third-order valence-corrected chi connectivity index (χ3v) is 6.00. The molecule has 1 aromatic carbocycles. The predicted octanol–water partition coefficient (Wildman–Crippen LogP) is 3.03. The average Bonchev–Trinajstić information content (AvgIpc) is 3.28. The standard InChI is InChI=1S/C19H21N3O2S/c1-13-3-5-15(6-4-13)22-12-19(9-17(22)23)7-8-21(11-19)18(24)16-10-25-14(2)20-16/h3-6,10H,7-9,11-12H2,1-2H3/t19-/m0/s1. The Morgan fingerprint density at radius 2 is 1.96 bits per heavy atom. The highest BCUT2D eigenvalue weighted by Gasteiger charge is 2.49. The van der Waals surface area contributed by atoms with Crippen LogP contribution >= 0.6 is 11.3 Å². The minimum absolute atomic E-state index is 0.0116. The van der Waals surface area contributed by atoms with Crippen LogP contribution in [0.25, 0.3) is 0 Å². The molecule has 5 nitrogen and oxygen atoms in total. The van der Waals surface area contributed by atoms with E-state index in [2.05, 4.69) is 4.98 Å². The highest BCUT2D eigenvalue weighted by atomic mass is 32.1. The smallest absolute Gasteiger partial charge is 0.273 e. The number of amides is 2. The highest BCUT2D eigenvalue weighted by molar-refractivity contribution is 7.09. The molecule has 1 atom stereocenters. The second kappa shape index (κ2) is 5.95. The van der Waals surface area contributed by atoms with Crippen molar-refractivity contribution >= 4 is 28.8 Å². The molecule has 4 rings (SSSR count). The zero-order valence-corrected chi connectivity index (χ0v) is 15.3. The second-order valence-corrected chi connectivity index (χ2v) is 8.28. The Morgan fingerprint density at radius 3 is 2.64 bits per heavy atom. The summed E-state index contributed by atoms with van der Waals surface area (Å²) in [4.78, 5) is 33.3. The third-order valence-electron chi connectivity index (χ3n) is 5.23. The molecule has 0 radical (unpaired) electrons. The van der Waals surface area contributed by atoms with Crippen molar-refractivity contribution in [3.8, 4) is 0 Å². The van der Waals surface area contributed by atoms with Gasteiger partial charge in [-0.25, -0.2) is 4.98 Å². The number of hydrogen-bond donors (Lipinski definition) is 0. The van der Waals surface area contributed by atoms with E-state index in [4.69, 9.17) is 0 Å². The van der Waals surface area contributed by atoms with Crippen molar-refractivity contribution in [3.05, 3.63) is 45.9 Å². The first-order chi connectivity index (χ1) is 12.0. The molecule has 6 heteroatoms. The average molecular weight is 355 g/mol. The van der Waals surface area contributed by atoms with Crippen LogP contribution in [0.1, 0.15) is 33.9 Å². The lowest BCUT2D eigenvalue weighted by molar-refractivity contribution is -0.117. The van der Waals surface area contributed by atoms with E-state index in [0.717, 1.165) is 17.1 Å². The number of aryl methyl sites for hydroxylation is 2. The minimum atomic E-state index is -0.122. The van der Waals surface area contributed by atoms with Crippen LogP contribution in [0.5, 0.6) is 0 Å². The van der Waals surface area contributed by atoms with Crippen molar-refractivity contribution in [3.63, 3.8) is 0 Å². The molecule has 0 unspecified atom stereocenters. The number of nitrogens with zero attached hydrogens (tertiary/aromatic N) is 3. The van der Waals surface area contributed by atoms with E-state index in [1.165, 1.54) is 16.9 Å². The van der Waals surface area contributed by atoms with Gasteiger partial charge in [-0.15, -0.1) is 11.3 Å².